The van der Waals surface area contributed by atoms with Crippen LogP contribution in [0.25, 0.3) is 0 Å². The van der Waals surface area contributed by atoms with Crippen LogP contribution in [0.2, 0.25) is 0 Å². The van der Waals surface area contributed by atoms with Crippen molar-refractivity contribution in [1.29, 1.82) is 0 Å². The Balaban J connectivity index is 0.000000276. The molecule has 2 fully saturated rings. The van der Waals surface area contributed by atoms with Crippen LogP contribution in [-0.4, -0.2) is 166 Å². The molecule has 4 aromatic carbocycles. The Morgan fingerprint density at radius 1 is 0.562 bits per heavy atom. The number of methoxy groups -OCH3 is 2. The number of carbonyl (C=O) groups is 2. The molecule has 0 aromatic heterocycles. The van der Waals surface area contributed by atoms with Gasteiger partial charge in [0.25, 0.3) is 0 Å². The van der Waals surface area contributed by atoms with Gasteiger partial charge in [0, 0.05) is 92.6 Å². The minimum Gasteiger partial charge on any atom is -0.465 e. The predicted molar refractivity (Wildman–Crippen MR) is 254 cm³/mol. The summed E-state index contributed by atoms with van der Waals surface area (Å²) in [4.78, 5) is 30.2. The van der Waals surface area contributed by atoms with Gasteiger partial charge in [-0.1, -0.05) is 60.7 Å². The van der Waals surface area contributed by atoms with Crippen LogP contribution in [0.3, 0.4) is 0 Å². The van der Waals surface area contributed by atoms with Crippen LogP contribution < -0.4 is 13.9 Å². The second-order valence-electron chi connectivity index (χ2n) is 15.5. The van der Waals surface area contributed by atoms with Gasteiger partial charge in [0.1, 0.15) is 0 Å². The lowest BCUT2D eigenvalue weighted by Gasteiger charge is -2.34. The van der Waals surface area contributed by atoms with Gasteiger partial charge in [0.2, 0.25) is 0 Å². The van der Waals surface area contributed by atoms with E-state index in [0.717, 1.165) is 63.5 Å². The number of likely N-dealkylation sites (N-methyl/N-ethyl adjacent to an activating group) is 3. The molecule has 0 atom stereocenters. The van der Waals surface area contributed by atoms with Crippen molar-refractivity contribution in [3.63, 3.8) is 0 Å². The van der Waals surface area contributed by atoms with E-state index in [4.69, 9.17) is 9.47 Å². The average Bonchev–Trinajstić information content (AvgIpc) is 3.32. The van der Waals surface area contributed by atoms with E-state index in [-0.39, 0.29) is 25.5 Å². The summed E-state index contributed by atoms with van der Waals surface area (Å²) in [5, 5.41) is 3.30. The standard InChI is InChI=1S/C23H32N4O4S.C22H30N4O4S.ClH/c1-24-13-16-26(17-14-24)18-15-25(2)32(29,30)27(22-7-5-4-6-8-22)19-20-9-11-21(12-10-20)23(28)31-3;1-24(16-17-25-14-12-23-13-15-25)31(28,29)26(21-6-4-3-5-7-21)18-19-8-10-20(11-9-19)22(27)30-2;/h4-12H,13-19H2,1-3H3;3-11,23H,12-18H2,1-2H3;1H. The third-order valence-electron chi connectivity index (χ3n) is 11.1. The third kappa shape index (κ3) is 14.7. The Morgan fingerprint density at radius 2 is 0.922 bits per heavy atom. The molecule has 2 heterocycles. The molecule has 0 unspecified atom stereocenters. The Labute approximate surface area is 386 Å². The zero-order valence-electron chi connectivity index (χ0n) is 37.4. The molecule has 19 heteroatoms. The first kappa shape index (κ1) is 52.0. The number of piperazine rings is 2. The molecule has 0 saturated carbocycles. The highest BCUT2D eigenvalue weighted by Gasteiger charge is 2.30. The van der Waals surface area contributed by atoms with Crippen LogP contribution >= 0.6 is 12.4 Å². The number of nitrogens with one attached hydrogen (secondary N) is 1. The van der Waals surface area contributed by atoms with E-state index < -0.39 is 32.4 Å². The number of hydrogen-bond acceptors (Lipinski definition) is 12. The molecule has 6 rings (SSSR count). The molecule has 2 aliphatic rings. The van der Waals surface area contributed by atoms with Gasteiger partial charge >= 0.3 is 32.4 Å². The van der Waals surface area contributed by atoms with Crippen molar-refractivity contribution in [2.24, 2.45) is 0 Å². The number of esters is 2. The highest BCUT2D eigenvalue weighted by molar-refractivity contribution is 7.90. The van der Waals surface area contributed by atoms with Gasteiger partial charge in [0.05, 0.1) is 49.8 Å². The Bertz CT molecular complexity index is 2250. The molecule has 16 nitrogen and oxygen atoms in total. The summed E-state index contributed by atoms with van der Waals surface area (Å²) in [5.74, 6) is -0.848. The van der Waals surface area contributed by atoms with Gasteiger partial charge in [-0.05, 0) is 66.7 Å². The van der Waals surface area contributed by atoms with Gasteiger partial charge in [0.15, 0.2) is 0 Å². The molecule has 2 aliphatic heterocycles. The van der Waals surface area contributed by atoms with E-state index in [2.05, 4.69) is 27.1 Å². The zero-order valence-corrected chi connectivity index (χ0v) is 39.9. The summed E-state index contributed by atoms with van der Waals surface area (Å²) in [6.45, 7) is 10.1. The fourth-order valence-electron chi connectivity index (χ4n) is 7.00. The largest absolute Gasteiger partial charge is 0.465 e. The van der Waals surface area contributed by atoms with Gasteiger partial charge in [-0.15, -0.1) is 12.4 Å². The Morgan fingerprint density at radius 3 is 1.28 bits per heavy atom. The summed E-state index contributed by atoms with van der Waals surface area (Å²) in [5.41, 5.74) is 3.58. The molecule has 4 aromatic rings. The van der Waals surface area contributed by atoms with E-state index in [1.807, 2.05) is 36.4 Å². The molecule has 0 amide bonds. The number of anilines is 2. The molecule has 0 spiro atoms. The zero-order chi connectivity index (χ0) is 45.4. The summed E-state index contributed by atoms with van der Waals surface area (Å²) in [6, 6.07) is 31.7. The predicted octanol–water partition coefficient (Wildman–Crippen LogP) is 3.89. The molecule has 0 radical (unpaired) electrons. The molecular weight excluding hydrogens is 880 g/mol. The number of hydrogen-bond donors (Lipinski definition) is 1. The van der Waals surface area contributed by atoms with Crippen LogP contribution in [0.4, 0.5) is 11.4 Å². The maximum Gasteiger partial charge on any atom is 0.337 e. The summed E-state index contributed by atoms with van der Waals surface area (Å²) >= 11 is 0. The lowest BCUT2D eigenvalue weighted by molar-refractivity contribution is 0.0592. The first-order chi connectivity index (χ1) is 30.2. The lowest BCUT2D eigenvalue weighted by Crippen LogP contribution is -2.49. The van der Waals surface area contributed by atoms with E-state index in [1.54, 1.807) is 86.9 Å². The van der Waals surface area contributed by atoms with Crippen molar-refractivity contribution in [3.05, 3.63) is 131 Å². The molecule has 350 valence electrons. The van der Waals surface area contributed by atoms with Crippen LogP contribution in [0.1, 0.15) is 31.8 Å². The number of nitrogens with zero attached hydrogens (tertiary/aromatic N) is 7. The Kier molecular flexibility index (Phi) is 20.4. The quantitative estimate of drug-likeness (QED) is 0.144. The highest BCUT2D eigenvalue weighted by atomic mass is 35.5. The number of benzene rings is 4. The van der Waals surface area contributed by atoms with Crippen LogP contribution in [0.5, 0.6) is 0 Å². The minimum atomic E-state index is -3.76. The molecule has 1 N–H and O–H groups in total. The fourth-order valence-corrected chi connectivity index (χ4v) is 9.70. The third-order valence-corrected chi connectivity index (χ3v) is 14.8. The van der Waals surface area contributed by atoms with E-state index in [1.165, 1.54) is 31.4 Å². The number of ether oxygens (including phenoxy) is 2. The normalized spacial score (nSPS) is 15.1. The second kappa shape index (κ2) is 25.2. The SMILES string of the molecule is COC(=O)c1ccc(CN(c2ccccc2)S(=O)(=O)N(C)CCN2CCN(C)CC2)cc1.COC(=O)c1ccc(CN(c2ccccc2)S(=O)(=O)N(C)CCN2CCNCC2)cc1.Cl. The molecule has 0 aliphatic carbocycles. The average molecular weight is 944 g/mol. The minimum absolute atomic E-state index is 0. The van der Waals surface area contributed by atoms with Gasteiger partial charge < -0.3 is 19.7 Å². The smallest absolute Gasteiger partial charge is 0.337 e. The summed E-state index contributed by atoms with van der Waals surface area (Å²) < 4.78 is 69.1. The monoisotopic (exact) mass is 942 g/mol. The summed E-state index contributed by atoms with van der Waals surface area (Å²) in [7, 11) is 0.498. The van der Waals surface area contributed by atoms with Crippen LogP contribution in [0, 0.1) is 0 Å². The molecular formula is C45H63ClN8O8S2. The van der Waals surface area contributed by atoms with E-state index in [0.29, 0.717) is 48.7 Å². The van der Waals surface area contributed by atoms with Crippen molar-refractivity contribution in [2.45, 2.75) is 13.1 Å². The van der Waals surface area contributed by atoms with Gasteiger partial charge in [-0.25, -0.2) is 9.59 Å². The fraction of sp³-hybridized carbons (Fsp3) is 0.422. The second-order valence-corrected chi connectivity index (χ2v) is 19.4. The van der Waals surface area contributed by atoms with Crippen molar-refractivity contribution in [2.75, 3.05) is 123 Å². The molecule has 2 saturated heterocycles. The molecule has 0 bridgehead atoms. The highest BCUT2D eigenvalue weighted by Crippen LogP contribution is 2.25. The van der Waals surface area contributed by atoms with Gasteiger partial charge in [-0.3, -0.25) is 18.4 Å². The maximum absolute atomic E-state index is 13.5. The van der Waals surface area contributed by atoms with Crippen LogP contribution in [-0.2, 0) is 43.0 Å². The van der Waals surface area contributed by atoms with Gasteiger partial charge in [-0.2, -0.15) is 25.4 Å². The number of carbonyl (C=O) groups excluding carboxylic acids is 2. The van der Waals surface area contributed by atoms with E-state index >= 15 is 0 Å². The summed E-state index contributed by atoms with van der Waals surface area (Å²) in [6.07, 6.45) is 0. The van der Waals surface area contributed by atoms with Crippen molar-refractivity contribution < 1.29 is 35.9 Å². The van der Waals surface area contributed by atoms with E-state index in [9.17, 15) is 26.4 Å². The lowest BCUT2D eigenvalue weighted by atomic mass is 10.1. The first-order valence-corrected chi connectivity index (χ1v) is 23.8. The Hall–Kier alpha value is -4.63. The van der Waals surface area contributed by atoms with Crippen molar-refractivity contribution in [1.82, 2.24) is 28.6 Å². The maximum atomic E-state index is 13.5. The number of rotatable bonds is 18. The topological polar surface area (TPSA) is 156 Å². The van der Waals surface area contributed by atoms with Crippen LogP contribution in [0.15, 0.2) is 109 Å². The van der Waals surface area contributed by atoms with Crippen molar-refractivity contribution >= 4 is 56.1 Å². The number of halogens is 1. The first-order valence-electron chi connectivity index (χ1n) is 21.0. The van der Waals surface area contributed by atoms with Crippen molar-refractivity contribution in [3.8, 4) is 0 Å². The molecule has 64 heavy (non-hydrogen) atoms. The number of para-hydroxylation sites is 2.